The summed E-state index contributed by atoms with van der Waals surface area (Å²) in [5.74, 6) is 0.499. The standard InChI is InChI=1S/C23H20F6N4S2/c1-15-14-30-21(31-15)33-32-18(8-2-16-4-10-19(11-5-16)34-22(24,25)26)9-3-17-6-12-20(13-7-17)35-23(27,28)29/h2-13,15H,14H2,1H3,(H2,30,31,33). The van der Waals surface area contributed by atoms with Crippen molar-refractivity contribution in [1.82, 2.24) is 10.7 Å². The van der Waals surface area contributed by atoms with Crippen molar-refractivity contribution in [2.75, 3.05) is 6.54 Å². The minimum Gasteiger partial charge on any atom is -0.351 e. The Balaban J connectivity index is 1.73. The maximum absolute atomic E-state index is 12.5. The molecule has 0 amide bonds. The molecule has 1 unspecified atom stereocenters. The number of allylic oxidation sites excluding steroid dienone is 2. The van der Waals surface area contributed by atoms with Gasteiger partial charge in [-0.3, -0.25) is 0 Å². The van der Waals surface area contributed by atoms with Gasteiger partial charge < -0.3 is 5.32 Å². The maximum Gasteiger partial charge on any atom is 0.446 e. The molecule has 0 aromatic heterocycles. The number of nitrogens with one attached hydrogen (secondary N) is 2. The van der Waals surface area contributed by atoms with Crippen molar-refractivity contribution < 1.29 is 26.3 Å². The van der Waals surface area contributed by atoms with Crippen molar-refractivity contribution in [2.24, 2.45) is 10.1 Å². The lowest BCUT2D eigenvalue weighted by Gasteiger charge is -2.06. The summed E-state index contributed by atoms with van der Waals surface area (Å²) in [7, 11) is 0. The first kappa shape index (κ1) is 26.7. The average Bonchev–Trinajstić information content (AvgIpc) is 3.18. The van der Waals surface area contributed by atoms with E-state index in [1.165, 1.54) is 24.3 Å². The first-order valence-corrected chi connectivity index (χ1v) is 11.8. The second kappa shape index (κ2) is 11.7. The lowest BCUT2D eigenvalue weighted by molar-refractivity contribution is -0.0337. The van der Waals surface area contributed by atoms with Gasteiger partial charge in [0.1, 0.15) is 0 Å². The molecule has 0 spiro atoms. The summed E-state index contributed by atoms with van der Waals surface area (Å²) in [5, 5.41) is 7.40. The van der Waals surface area contributed by atoms with Gasteiger partial charge in [-0.25, -0.2) is 10.4 Å². The molecular formula is C23H20F6N4S2. The van der Waals surface area contributed by atoms with E-state index in [1.807, 2.05) is 6.92 Å². The zero-order valence-corrected chi connectivity index (χ0v) is 19.8. The topological polar surface area (TPSA) is 48.8 Å². The fourth-order valence-electron chi connectivity index (χ4n) is 2.79. The van der Waals surface area contributed by atoms with Crippen molar-refractivity contribution in [3.63, 3.8) is 0 Å². The number of halogens is 6. The Bertz CT molecular complexity index is 1030. The number of hydrogen-bond acceptors (Lipinski definition) is 6. The summed E-state index contributed by atoms with van der Waals surface area (Å²) in [6.07, 6.45) is 6.68. The molecule has 0 saturated heterocycles. The van der Waals surface area contributed by atoms with E-state index in [0.717, 1.165) is 0 Å². The third-order valence-corrected chi connectivity index (χ3v) is 5.80. The van der Waals surface area contributed by atoms with Gasteiger partial charge in [0.25, 0.3) is 0 Å². The van der Waals surface area contributed by atoms with Crippen molar-refractivity contribution in [2.45, 2.75) is 33.8 Å². The summed E-state index contributed by atoms with van der Waals surface area (Å²) in [4.78, 5) is 4.41. The van der Waals surface area contributed by atoms with Crippen LogP contribution in [0.3, 0.4) is 0 Å². The summed E-state index contributed by atoms with van der Waals surface area (Å²) in [5.41, 5.74) is -4.11. The fourth-order valence-corrected chi connectivity index (χ4v) is 3.87. The molecule has 0 bridgehead atoms. The molecule has 1 aliphatic heterocycles. The first-order chi connectivity index (χ1) is 16.4. The normalized spacial score (nSPS) is 16.4. The zero-order chi connectivity index (χ0) is 25.5. The van der Waals surface area contributed by atoms with Crippen LogP contribution >= 0.6 is 23.5 Å². The zero-order valence-electron chi connectivity index (χ0n) is 18.2. The Kier molecular flexibility index (Phi) is 8.95. The number of nitrogens with zero attached hydrogens (tertiary/aromatic N) is 2. The monoisotopic (exact) mass is 530 g/mol. The van der Waals surface area contributed by atoms with E-state index in [-0.39, 0.29) is 39.4 Å². The number of hydrazone groups is 1. The van der Waals surface area contributed by atoms with Gasteiger partial charge in [-0.1, -0.05) is 36.4 Å². The molecule has 0 aliphatic carbocycles. The summed E-state index contributed by atoms with van der Waals surface area (Å²) < 4.78 is 75.0. The number of rotatable bonds is 7. The molecule has 1 aliphatic rings. The summed E-state index contributed by atoms with van der Waals surface area (Å²) in [6, 6.07) is 11.9. The van der Waals surface area contributed by atoms with Gasteiger partial charge in [-0.2, -0.15) is 31.4 Å². The highest BCUT2D eigenvalue weighted by Crippen LogP contribution is 2.37. The number of benzene rings is 2. The quantitative estimate of drug-likeness (QED) is 0.176. The lowest BCUT2D eigenvalue weighted by atomic mass is 10.1. The Hall–Kier alpha value is -2.86. The van der Waals surface area contributed by atoms with Crippen LogP contribution in [0.1, 0.15) is 18.1 Å². The second-order valence-corrected chi connectivity index (χ2v) is 9.56. The smallest absolute Gasteiger partial charge is 0.351 e. The van der Waals surface area contributed by atoms with Crippen LogP contribution in [-0.4, -0.2) is 35.3 Å². The molecule has 1 atom stereocenters. The number of aliphatic imine (C=N–C) groups is 1. The van der Waals surface area contributed by atoms with Crippen LogP contribution in [0.5, 0.6) is 0 Å². The van der Waals surface area contributed by atoms with Gasteiger partial charge in [0.2, 0.25) is 5.96 Å². The summed E-state index contributed by atoms with van der Waals surface area (Å²) in [6.45, 7) is 2.56. The van der Waals surface area contributed by atoms with E-state index >= 15 is 0 Å². The van der Waals surface area contributed by atoms with Gasteiger partial charge in [-0.15, -0.1) is 0 Å². The van der Waals surface area contributed by atoms with E-state index in [9.17, 15) is 26.3 Å². The molecule has 12 heteroatoms. The second-order valence-electron chi connectivity index (χ2n) is 7.28. The molecule has 3 rings (SSSR count). The molecule has 4 nitrogen and oxygen atoms in total. The highest BCUT2D eigenvalue weighted by Gasteiger charge is 2.29. The van der Waals surface area contributed by atoms with Crippen LogP contribution in [-0.2, 0) is 0 Å². The summed E-state index contributed by atoms with van der Waals surface area (Å²) >= 11 is -0.374. The predicted molar refractivity (Wildman–Crippen MR) is 130 cm³/mol. The minimum atomic E-state index is -4.36. The molecule has 186 valence electrons. The molecule has 1 heterocycles. The van der Waals surface area contributed by atoms with E-state index in [1.54, 1.807) is 48.6 Å². The first-order valence-electron chi connectivity index (χ1n) is 10.2. The van der Waals surface area contributed by atoms with E-state index in [4.69, 9.17) is 0 Å². The number of alkyl halides is 6. The molecule has 35 heavy (non-hydrogen) atoms. The van der Waals surface area contributed by atoms with Gasteiger partial charge in [0, 0.05) is 15.8 Å². The Morgan fingerprint density at radius 1 is 0.886 bits per heavy atom. The van der Waals surface area contributed by atoms with E-state index in [0.29, 0.717) is 29.3 Å². The third-order valence-electron chi connectivity index (χ3n) is 4.32. The SMILES string of the molecule is CC1CN=C(NN=C(C=Cc2ccc(SC(F)(F)F)cc2)C=Cc2ccc(SC(F)(F)F)cc2)N1. The van der Waals surface area contributed by atoms with Gasteiger partial charge in [-0.05, 0) is 78.0 Å². The van der Waals surface area contributed by atoms with Crippen LogP contribution in [0.15, 0.2) is 80.6 Å². The van der Waals surface area contributed by atoms with Crippen molar-refractivity contribution in [1.29, 1.82) is 0 Å². The molecule has 0 fully saturated rings. The van der Waals surface area contributed by atoms with Crippen LogP contribution in [0.4, 0.5) is 26.3 Å². The van der Waals surface area contributed by atoms with E-state index in [2.05, 4.69) is 20.8 Å². The Morgan fingerprint density at radius 2 is 1.34 bits per heavy atom. The molecule has 2 aromatic carbocycles. The number of thioether (sulfide) groups is 2. The van der Waals surface area contributed by atoms with Gasteiger partial charge in [0.05, 0.1) is 12.3 Å². The molecule has 0 radical (unpaired) electrons. The third kappa shape index (κ3) is 10.1. The van der Waals surface area contributed by atoms with Crippen molar-refractivity contribution in [3.8, 4) is 0 Å². The van der Waals surface area contributed by atoms with Crippen LogP contribution in [0.2, 0.25) is 0 Å². The van der Waals surface area contributed by atoms with E-state index < -0.39 is 11.0 Å². The molecule has 2 aromatic rings. The number of guanidine groups is 1. The van der Waals surface area contributed by atoms with Crippen molar-refractivity contribution in [3.05, 3.63) is 71.8 Å². The fraction of sp³-hybridized carbons (Fsp3) is 0.217. The Labute approximate surface area is 206 Å². The average molecular weight is 531 g/mol. The lowest BCUT2D eigenvalue weighted by Crippen LogP contribution is -2.35. The molecular weight excluding hydrogens is 510 g/mol. The Morgan fingerprint density at radius 3 is 1.71 bits per heavy atom. The minimum absolute atomic E-state index is 0.0803. The number of hydrogen-bond donors (Lipinski definition) is 2. The van der Waals surface area contributed by atoms with Crippen molar-refractivity contribution >= 4 is 47.3 Å². The van der Waals surface area contributed by atoms with Crippen LogP contribution < -0.4 is 10.7 Å². The van der Waals surface area contributed by atoms with Gasteiger partial charge >= 0.3 is 11.0 Å². The van der Waals surface area contributed by atoms with Crippen LogP contribution in [0.25, 0.3) is 12.2 Å². The predicted octanol–water partition coefficient (Wildman–Crippen LogP) is 6.93. The maximum atomic E-state index is 12.5. The molecule has 0 saturated carbocycles. The largest absolute Gasteiger partial charge is 0.446 e. The highest BCUT2D eigenvalue weighted by molar-refractivity contribution is 8.00. The van der Waals surface area contributed by atoms with Crippen LogP contribution in [0, 0.1) is 0 Å². The highest BCUT2D eigenvalue weighted by atomic mass is 32.2. The molecule has 2 N–H and O–H groups in total. The van der Waals surface area contributed by atoms with Gasteiger partial charge in [0.15, 0.2) is 0 Å².